The molecule has 0 saturated carbocycles. The Bertz CT molecular complexity index is 660. The number of hydrogen-bond donors (Lipinski definition) is 1. The standard InChI is InChI=1S/C15H18N4O/c1-10-5-3-6-12(11(10)2)15(20)16-9-14-18-17-13-7-4-8-19(13)14/h3,5-6H,4,7-9H2,1-2H3,(H,16,20). The van der Waals surface area contributed by atoms with Crippen LogP contribution in [0.15, 0.2) is 18.2 Å². The SMILES string of the molecule is Cc1cccc(C(=O)NCc2nnc3n2CCC3)c1C. The van der Waals surface area contributed by atoms with E-state index in [9.17, 15) is 4.79 Å². The van der Waals surface area contributed by atoms with Crippen molar-refractivity contribution in [3.63, 3.8) is 0 Å². The molecule has 1 aliphatic rings. The molecule has 1 aromatic carbocycles. The second kappa shape index (κ2) is 5.07. The molecule has 0 aliphatic carbocycles. The highest BCUT2D eigenvalue weighted by atomic mass is 16.1. The van der Waals surface area contributed by atoms with Gasteiger partial charge in [-0.25, -0.2) is 0 Å². The number of hydrogen-bond acceptors (Lipinski definition) is 3. The van der Waals surface area contributed by atoms with Crippen LogP contribution in [0.3, 0.4) is 0 Å². The van der Waals surface area contributed by atoms with Gasteiger partial charge in [0, 0.05) is 18.5 Å². The lowest BCUT2D eigenvalue weighted by molar-refractivity contribution is 0.0948. The number of nitrogens with zero attached hydrogens (tertiary/aromatic N) is 3. The molecule has 1 aromatic heterocycles. The zero-order valence-electron chi connectivity index (χ0n) is 11.8. The average Bonchev–Trinajstić information content (AvgIpc) is 3.02. The van der Waals surface area contributed by atoms with E-state index in [2.05, 4.69) is 20.1 Å². The van der Waals surface area contributed by atoms with E-state index >= 15 is 0 Å². The van der Waals surface area contributed by atoms with Crippen LogP contribution in [0, 0.1) is 13.8 Å². The number of aryl methyl sites for hydroxylation is 2. The highest BCUT2D eigenvalue weighted by molar-refractivity contribution is 5.95. The van der Waals surface area contributed by atoms with E-state index in [-0.39, 0.29) is 5.91 Å². The van der Waals surface area contributed by atoms with Crippen LogP contribution in [-0.2, 0) is 19.5 Å². The number of benzene rings is 1. The lowest BCUT2D eigenvalue weighted by atomic mass is 10.0. The van der Waals surface area contributed by atoms with Crippen molar-refractivity contribution < 1.29 is 4.79 Å². The maximum absolute atomic E-state index is 12.2. The first-order valence-electron chi connectivity index (χ1n) is 6.92. The van der Waals surface area contributed by atoms with Gasteiger partial charge >= 0.3 is 0 Å². The van der Waals surface area contributed by atoms with Crippen molar-refractivity contribution in [1.82, 2.24) is 20.1 Å². The van der Waals surface area contributed by atoms with Crippen LogP contribution in [0.1, 0.15) is 39.6 Å². The summed E-state index contributed by atoms with van der Waals surface area (Å²) < 4.78 is 2.10. The van der Waals surface area contributed by atoms with Crippen LogP contribution in [0.4, 0.5) is 0 Å². The van der Waals surface area contributed by atoms with Crippen molar-refractivity contribution >= 4 is 5.91 Å². The van der Waals surface area contributed by atoms with Gasteiger partial charge < -0.3 is 9.88 Å². The van der Waals surface area contributed by atoms with Gasteiger partial charge in [0.15, 0.2) is 5.82 Å². The Kier molecular flexibility index (Phi) is 3.26. The fourth-order valence-corrected chi connectivity index (χ4v) is 2.59. The lowest BCUT2D eigenvalue weighted by Crippen LogP contribution is -2.25. The van der Waals surface area contributed by atoms with Gasteiger partial charge in [-0.1, -0.05) is 12.1 Å². The van der Waals surface area contributed by atoms with E-state index < -0.39 is 0 Å². The summed E-state index contributed by atoms with van der Waals surface area (Å²) in [6.07, 6.45) is 2.10. The first kappa shape index (κ1) is 12.8. The molecule has 0 radical (unpaired) electrons. The summed E-state index contributed by atoms with van der Waals surface area (Å²) in [5.74, 6) is 1.82. The Morgan fingerprint density at radius 3 is 3.05 bits per heavy atom. The first-order valence-corrected chi connectivity index (χ1v) is 6.92. The second-order valence-electron chi connectivity index (χ2n) is 5.22. The molecular formula is C15H18N4O. The Morgan fingerprint density at radius 2 is 2.20 bits per heavy atom. The van der Waals surface area contributed by atoms with Gasteiger partial charge in [-0.3, -0.25) is 4.79 Å². The molecule has 20 heavy (non-hydrogen) atoms. The number of carbonyl (C=O) groups excluding carboxylic acids is 1. The normalized spacial score (nSPS) is 13.3. The van der Waals surface area contributed by atoms with Crippen LogP contribution < -0.4 is 5.32 Å². The van der Waals surface area contributed by atoms with E-state index in [1.165, 1.54) is 0 Å². The van der Waals surface area contributed by atoms with Gasteiger partial charge in [-0.05, 0) is 37.5 Å². The van der Waals surface area contributed by atoms with Crippen LogP contribution in [-0.4, -0.2) is 20.7 Å². The number of rotatable bonds is 3. The van der Waals surface area contributed by atoms with Gasteiger partial charge in [0.1, 0.15) is 5.82 Å². The van der Waals surface area contributed by atoms with Gasteiger partial charge in [0.2, 0.25) is 0 Å². The smallest absolute Gasteiger partial charge is 0.251 e. The monoisotopic (exact) mass is 270 g/mol. The third-order valence-electron chi connectivity index (χ3n) is 3.94. The minimum Gasteiger partial charge on any atom is -0.345 e. The highest BCUT2D eigenvalue weighted by Gasteiger charge is 2.18. The Labute approximate surface area is 118 Å². The van der Waals surface area contributed by atoms with Crippen molar-refractivity contribution in [1.29, 1.82) is 0 Å². The van der Waals surface area contributed by atoms with Gasteiger partial charge in [-0.15, -0.1) is 10.2 Å². The maximum atomic E-state index is 12.2. The number of carbonyl (C=O) groups is 1. The summed E-state index contributed by atoms with van der Waals surface area (Å²) in [6.45, 7) is 5.37. The molecule has 0 saturated heterocycles. The average molecular weight is 270 g/mol. The van der Waals surface area contributed by atoms with E-state index in [4.69, 9.17) is 0 Å². The summed E-state index contributed by atoms with van der Waals surface area (Å²) in [4.78, 5) is 12.2. The molecule has 1 amide bonds. The molecule has 0 atom stereocenters. The predicted molar refractivity (Wildman–Crippen MR) is 75.4 cm³/mol. The van der Waals surface area contributed by atoms with Crippen LogP contribution in [0.25, 0.3) is 0 Å². The third-order valence-corrected chi connectivity index (χ3v) is 3.94. The van der Waals surface area contributed by atoms with Crippen molar-refractivity contribution in [2.45, 2.75) is 39.8 Å². The molecule has 0 unspecified atom stereocenters. The zero-order chi connectivity index (χ0) is 14.1. The van der Waals surface area contributed by atoms with Crippen molar-refractivity contribution in [3.05, 3.63) is 46.5 Å². The summed E-state index contributed by atoms with van der Waals surface area (Å²) in [6, 6.07) is 5.77. The summed E-state index contributed by atoms with van der Waals surface area (Å²) >= 11 is 0. The molecule has 2 aromatic rings. The molecular weight excluding hydrogens is 252 g/mol. The third kappa shape index (κ3) is 2.19. The van der Waals surface area contributed by atoms with Gasteiger partial charge in [0.05, 0.1) is 6.54 Å². The molecule has 0 fully saturated rings. The molecule has 0 bridgehead atoms. The molecule has 1 aliphatic heterocycles. The Balaban J connectivity index is 1.72. The molecule has 3 rings (SSSR count). The van der Waals surface area contributed by atoms with Crippen molar-refractivity contribution in [2.75, 3.05) is 0 Å². The number of aromatic nitrogens is 3. The first-order chi connectivity index (χ1) is 9.66. The topological polar surface area (TPSA) is 59.8 Å². The summed E-state index contributed by atoms with van der Waals surface area (Å²) in [5.41, 5.74) is 2.88. The molecule has 5 heteroatoms. The highest BCUT2D eigenvalue weighted by Crippen LogP contribution is 2.15. The van der Waals surface area contributed by atoms with Crippen LogP contribution in [0.2, 0.25) is 0 Å². The largest absolute Gasteiger partial charge is 0.345 e. The molecule has 2 heterocycles. The predicted octanol–water partition coefficient (Wildman–Crippen LogP) is 1.77. The number of amides is 1. The summed E-state index contributed by atoms with van der Waals surface area (Å²) in [5, 5.41) is 11.2. The number of fused-ring (bicyclic) bond motifs is 1. The van der Waals surface area contributed by atoms with Gasteiger partial charge in [0.25, 0.3) is 5.91 Å². The van der Waals surface area contributed by atoms with Crippen molar-refractivity contribution in [3.8, 4) is 0 Å². The quantitative estimate of drug-likeness (QED) is 0.924. The Morgan fingerprint density at radius 1 is 1.35 bits per heavy atom. The Hall–Kier alpha value is -2.17. The van der Waals surface area contributed by atoms with Crippen LogP contribution in [0.5, 0.6) is 0 Å². The number of nitrogens with one attached hydrogen (secondary N) is 1. The molecule has 0 spiro atoms. The van der Waals surface area contributed by atoms with E-state index in [0.29, 0.717) is 6.54 Å². The maximum Gasteiger partial charge on any atom is 0.251 e. The zero-order valence-corrected chi connectivity index (χ0v) is 11.8. The van der Waals surface area contributed by atoms with E-state index in [1.54, 1.807) is 0 Å². The van der Waals surface area contributed by atoms with Gasteiger partial charge in [-0.2, -0.15) is 0 Å². The minimum absolute atomic E-state index is 0.0541. The molecule has 5 nitrogen and oxygen atoms in total. The van der Waals surface area contributed by atoms with E-state index in [0.717, 1.165) is 47.7 Å². The van der Waals surface area contributed by atoms with Crippen molar-refractivity contribution in [2.24, 2.45) is 0 Å². The van der Waals surface area contributed by atoms with E-state index in [1.807, 2.05) is 32.0 Å². The minimum atomic E-state index is -0.0541. The summed E-state index contributed by atoms with van der Waals surface area (Å²) in [7, 11) is 0. The molecule has 104 valence electrons. The second-order valence-corrected chi connectivity index (χ2v) is 5.22. The molecule has 1 N–H and O–H groups in total. The fourth-order valence-electron chi connectivity index (χ4n) is 2.59. The lowest BCUT2D eigenvalue weighted by Gasteiger charge is -2.09. The fraction of sp³-hybridized carbons (Fsp3) is 0.400. The van der Waals surface area contributed by atoms with Crippen LogP contribution >= 0.6 is 0 Å².